The van der Waals surface area contributed by atoms with Crippen LogP contribution < -0.4 is 0 Å². The Labute approximate surface area is 245 Å². The molecule has 11 rings (SSSR count). The molecule has 0 atom stereocenters. The van der Waals surface area contributed by atoms with Gasteiger partial charge in [0, 0.05) is 27.1 Å². The van der Waals surface area contributed by atoms with Crippen LogP contribution in [0, 0.1) is 0 Å². The second kappa shape index (κ2) is 7.53. The highest BCUT2D eigenvalue weighted by Crippen LogP contribution is 2.50. The smallest absolute Gasteiger partial charge is 0.165 e. The van der Waals surface area contributed by atoms with Crippen LogP contribution in [0.1, 0.15) is 0 Å². The Morgan fingerprint density at radius 2 is 0.744 bits per heavy atom. The molecule has 9 aromatic carbocycles. The lowest BCUT2D eigenvalue weighted by Gasteiger charge is -2.15. The summed E-state index contributed by atoms with van der Waals surface area (Å²) in [6.45, 7) is 0. The molecule has 0 aliphatic carbocycles. The lowest BCUT2D eigenvalue weighted by atomic mass is 9.92. The highest BCUT2D eigenvalue weighted by atomic mass is 15.1. The largest absolute Gasteiger partial charge is 0.292 e. The molecule has 2 heterocycles. The molecule has 3 nitrogen and oxygen atoms in total. The maximum atomic E-state index is 5.36. The van der Waals surface area contributed by atoms with Crippen molar-refractivity contribution < 1.29 is 0 Å². The molecule has 3 heteroatoms. The van der Waals surface area contributed by atoms with E-state index in [4.69, 9.17) is 9.97 Å². The first-order valence-corrected chi connectivity index (χ1v) is 14.8. The average molecular weight is 544 g/mol. The first-order valence-electron chi connectivity index (χ1n) is 14.8. The number of nitrogens with zero attached hydrogens (tertiary/aromatic N) is 3. The van der Waals surface area contributed by atoms with Crippen molar-refractivity contribution in [2.45, 2.75) is 0 Å². The van der Waals surface area contributed by atoms with E-state index in [0.717, 1.165) is 39.1 Å². The monoisotopic (exact) mass is 543 g/mol. The third kappa shape index (κ3) is 2.62. The molecule has 0 unspecified atom stereocenters. The van der Waals surface area contributed by atoms with Gasteiger partial charge in [-0.05, 0) is 67.4 Å². The number of rotatable bonds is 2. The second-order valence-electron chi connectivity index (χ2n) is 11.8. The van der Waals surface area contributed by atoms with Crippen LogP contribution in [-0.2, 0) is 0 Å². The lowest BCUT2D eigenvalue weighted by Crippen LogP contribution is -2.03. The fraction of sp³-hybridized carbons (Fsp3) is 0. The van der Waals surface area contributed by atoms with Gasteiger partial charge in [-0.15, -0.1) is 0 Å². The molecule has 0 spiro atoms. The minimum absolute atomic E-state index is 0.856. The van der Waals surface area contributed by atoms with E-state index in [2.05, 4.69) is 120 Å². The zero-order valence-corrected chi connectivity index (χ0v) is 23.0. The Morgan fingerprint density at radius 1 is 0.349 bits per heavy atom. The molecular formula is C40H21N3. The van der Waals surface area contributed by atoms with Crippen molar-refractivity contribution in [3.8, 4) is 17.1 Å². The van der Waals surface area contributed by atoms with Gasteiger partial charge in [-0.2, -0.15) is 0 Å². The van der Waals surface area contributed by atoms with Crippen LogP contribution >= 0.6 is 0 Å². The maximum Gasteiger partial charge on any atom is 0.165 e. The van der Waals surface area contributed by atoms with Crippen LogP contribution in [0.2, 0.25) is 0 Å². The van der Waals surface area contributed by atoms with Gasteiger partial charge in [0.1, 0.15) is 5.69 Å². The molecule has 0 N–H and O–H groups in total. The average Bonchev–Trinajstić information content (AvgIpc) is 3.33. The number of aromatic nitrogens is 3. The van der Waals surface area contributed by atoms with Crippen LogP contribution in [0.5, 0.6) is 0 Å². The summed E-state index contributed by atoms with van der Waals surface area (Å²) >= 11 is 0. The van der Waals surface area contributed by atoms with Gasteiger partial charge in [0.2, 0.25) is 0 Å². The number of hydrogen-bond donors (Lipinski definition) is 0. The van der Waals surface area contributed by atoms with Crippen LogP contribution in [0.3, 0.4) is 0 Å². The second-order valence-corrected chi connectivity index (χ2v) is 11.8. The van der Waals surface area contributed by atoms with Gasteiger partial charge >= 0.3 is 0 Å². The molecule has 0 bridgehead atoms. The number of para-hydroxylation sites is 2. The van der Waals surface area contributed by atoms with Gasteiger partial charge in [0.15, 0.2) is 5.82 Å². The molecule has 11 aromatic rings. The molecule has 0 fully saturated rings. The van der Waals surface area contributed by atoms with E-state index in [-0.39, 0.29) is 0 Å². The standard InChI is InChI=1S/C40H21N3/c1-2-6-27(7-3-1)39-40(42-29-9-5-4-8-28(29)41-39)43-30-20-18-25-16-14-23-12-10-22-11-13-24-15-17-26-19-21-31(43)38-36(26)34(24)32(22)33(23)35(25)37(30)38/h1-21H. The number of benzene rings is 8. The van der Waals surface area contributed by atoms with Crippen molar-refractivity contribution in [3.05, 3.63) is 127 Å². The molecule has 0 radical (unpaired) electrons. The third-order valence-electron chi connectivity index (χ3n) is 9.61. The predicted octanol–water partition coefficient (Wildman–Crippen LogP) is 10.5. The van der Waals surface area contributed by atoms with Gasteiger partial charge in [-0.3, -0.25) is 4.57 Å². The summed E-state index contributed by atoms with van der Waals surface area (Å²) in [7, 11) is 0. The molecule has 0 amide bonds. The van der Waals surface area contributed by atoms with E-state index in [1.807, 2.05) is 12.1 Å². The van der Waals surface area contributed by atoms with Crippen molar-refractivity contribution in [1.82, 2.24) is 14.5 Å². The molecular weight excluding hydrogens is 522 g/mol. The highest BCUT2D eigenvalue weighted by molar-refractivity contribution is 6.45. The summed E-state index contributed by atoms with van der Waals surface area (Å²) in [5, 5.41) is 15.7. The fourth-order valence-electron chi connectivity index (χ4n) is 7.83. The van der Waals surface area contributed by atoms with Crippen molar-refractivity contribution in [1.29, 1.82) is 0 Å². The van der Waals surface area contributed by atoms with E-state index in [9.17, 15) is 0 Å². The highest BCUT2D eigenvalue weighted by Gasteiger charge is 2.25. The zero-order valence-electron chi connectivity index (χ0n) is 23.0. The summed E-state index contributed by atoms with van der Waals surface area (Å²) in [6, 6.07) is 46.1. The van der Waals surface area contributed by atoms with Crippen LogP contribution in [0.4, 0.5) is 0 Å². The minimum Gasteiger partial charge on any atom is -0.292 e. The Bertz CT molecular complexity index is 2740. The maximum absolute atomic E-state index is 5.36. The zero-order chi connectivity index (χ0) is 27.8. The number of hydrogen-bond acceptors (Lipinski definition) is 2. The molecule has 196 valence electrons. The Morgan fingerprint density at radius 3 is 1.23 bits per heavy atom. The van der Waals surface area contributed by atoms with Crippen LogP contribution in [0.25, 0.3) is 104 Å². The lowest BCUT2D eigenvalue weighted by molar-refractivity contribution is 1.08. The summed E-state index contributed by atoms with van der Waals surface area (Å²) in [5.41, 5.74) is 6.04. The van der Waals surface area contributed by atoms with Crippen LogP contribution in [-0.4, -0.2) is 14.5 Å². The molecule has 43 heavy (non-hydrogen) atoms. The number of fused-ring (bicyclic) bond motifs is 1. The summed E-state index contributed by atoms with van der Waals surface area (Å²) in [5.74, 6) is 0.856. The van der Waals surface area contributed by atoms with E-state index in [1.54, 1.807) is 0 Å². The first kappa shape index (κ1) is 21.9. The van der Waals surface area contributed by atoms with Crippen molar-refractivity contribution >= 4 is 86.7 Å². The Hall–Kier alpha value is -5.80. The topological polar surface area (TPSA) is 30.7 Å². The SMILES string of the molecule is c1ccc(-c2nc3ccccc3nc2-n2c3ccc4ccc5ccc6ccc7ccc8ccc2c2c8c7c6c5c4c23)cc1. The molecule has 2 aromatic heterocycles. The molecule has 0 aliphatic rings. The van der Waals surface area contributed by atoms with Crippen LogP contribution in [0.15, 0.2) is 127 Å². The summed E-state index contributed by atoms with van der Waals surface area (Å²) in [6.07, 6.45) is 0. The summed E-state index contributed by atoms with van der Waals surface area (Å²) in [4.78, 5) is 10.6. The van der Waals surface area contributed by atoms with E-state index in [0.29, 0.717) is 0 Å². The van der Waals surface area contributed by atoms with Gasteiger partial charge in [0.25, 0.3) is 0 Å². The normalized spacial score (nSPS) is 12.7. The predicted molar refractivity (Wildman–Crippen MR) is 180 cm³/mol. The Balaban J connectivity index is 1.46. The molecule has 0 saturated heterocycles. The van der Waals surface area contributed by atoms with Gasteiger partial charge < -0.3 is 0 Å². The van der Waals surface area contributed by atoms with E-state index >= 15 is 0 Å². The van der Waals surface area contributed by atoms with Gasteiger partial charge in [-0.1, -0.05) is 103 Å². The molecule has 0 aliphatic heterocycles. The van der Waals surface area contributed by atoms with Gasteiger partial charge in [-0.25, -0.2) is 9.97 Å². The Kier molecular flexibility index (Phi) is 3.83. The fourth-order valence-corrected chi connectivity index (χ4v) is 7.83. The van der Waals surface area contributed by atoms with E-state index < -0.39 is 0 Å². The third-order valence-corrected chi connectivity index (χ3v) is 9.61. The van der Waals surface area contributed by atoms with Gasteiger partial charge in [0.05, 0.1) is 22.1 Å². The summed E-state index contributed by atoms with van der Waals surface area (Å²) < 4.78 is 2.37. The minimum atomic E-state index is 0.856. The van der Waals surface area contributed by atoms with Crippen molar-refractivity contribution in [2.24, 2.45) is 0 Å². The first-order chi connectivity index (χ1) is 21.3. The quantitative estimate of drug-likeness (QED) is 0.203. The van der Waals surface area contributed by atoms with Crippen molar-refractivity contribution in [3.63, 3.8) is 0 Å². The van der Waals surface area contributed by atoms with Crippen molar-refractivity contribution in [2.75, 3.05) is 0 Å². The van der Waals surface area contributed by atoms with E-state index in [1.165, 1.54) is 64.6 Å². The molecule has 0 saturated carbocycles.